The number of pyridine rings is 1. The van der Waals surface area contributed by atoms with Gasteiger partial charge in [-0.25, -0.2) is 9.78 Å². The molecule has 1 unspecified atom stereocenters. The predicted octanol–water partition coefficient (Wildman–Crippen LogP) is 1.85. The summed E-state index contributed by atoms with van der Waals surface area (Å²) < 4.78 is 5.50. The predicted molar refractivity (Wildman–Crippen MR) is 97.8 cm³/mol. The topological polar surface area (TPSA) is 81.5 Å². The Kier molecular flexibility index (Phi) is 6.07. The van der Waals surface area contributed by atoms with Crippen LogP contribution >= 0.6 is 0 Å². The van der Waals surface area contributed by atoms with Crippen LogP contribution in [0.15, 0.2) is 18.3 Å². The largest absolute Gasteiger partial charge is 0.416 e. The molecular formula is C19H27N5O2. The summed E-state index contributed by atoms with van der Waals surface area (Å²) in [6.07, 6.45) is 3.24. The van der Waals surface area contributed by atoms with Crippen LogP contribution in [0.2, 0.25) is 0 Å². The molecule has 0 bridgehead atoms. The maximum atomic E-state index is 12.8. The van der Waals surface area contributed by atoms with Crippen molar-refractivity contribution in [3.63, 3.8) is 0 Å². The van der Waals surface area contributed by atoms with E-state index in [0.29, 0.717) is 24.1 Å². The Balaban J connectivity index is 1.71. The van der Waals surface area contributed by atoms with Crippen LogP contribution in [0.3, 0.4) is 0 Å². The van der Waals surface area contributed by atoms with Crippen molar-refractivity contribution in [2.24, 2.45) is 5.92 Å². The van der Waals surface area contributed by atoms with E-state index in [1.54, 1.807) is 12.1 Å². The number of hydrogen-bond acceptors (Lipinski definition) is 6. The Morgan fingerprint density at radius 3 is 2.73 bits per heavy atom. The van der Waals surface area contributed by atoms with Crippen LogP contribution in [0.4, 0.5) is 4.79 Å². The molecular weight excluding hydrogens is 330 g/mol. The summed E-state index contributed by atoms with van der Waals surface area (Å²) in [5.41, 5.74) is 0.447. The third-order valence-corrected chi connectivity index (χ3v) is 5.40. The van der Waals surface area contributed by atoms with Crippen LogP contribution in [0.5, 0.6) is 5.88 Å². The number of piperazine rings is 1. The number of piperidine rings is 1. The fraction of sp³-hybridized carbons (Fsp3) is 0.632. The zero-order chi connectivity index (χ0) is 18.5. The Morgan fingerprint density at radius 2 is 2.12 bits per heavy atom. The molecule has 1 N–H and O–H groups in total. The van der Waals surface area contributed by atoms with Crippen molar-refractivity contribution in [1.29, 1.82) is 5.26 Å². The van der Waals surface area contributed by atoms with Crippen LogP contribution in [-0.2, 0) is 0 Å². The molecule has 7 nitrogen and oxygen atoms in total. The highest BCUT2D eigenvalue weighted by Gasteiger charge is 2.37. The van der Waals surface area contributed by atoms with Crippen molar-refractivity contribution in [3.8, 4) is 11.9 Å². The summed E-state index contributed by atoms with van der Waals surface area (Å²) in [5.74, 6) is 0.726. The lowest BCUT2D eigenvalue weighted by molar-refractivity contribution is 0.0268. The standard InChI is InChI=1S/C19H27N5O2/c1-14(2)23-9-10-24(17(13-23)16-5-7-21-8-6-16)19(25)26-18-4-3-15(11-20)12-22-18/h3-4,12,14,16-17,21H,5-10,13H2,1-2H3. The minimum atomic E-state index is -0.339. The Bertz CT molecular complexity index is 649. The first kappa shape index (κ1) is 18.6. The summed E-state index contributed by atoms with van der Waals surface area (Å²) in [4.78, 5) is 21.2. The van der Waals surface area contributed by atoms with Crippen molar-refractivity contribution in [2.45, 2.75) is 38.8 Å². The smallest absolute Gasteiger partial charge is 0.391 e. The van der Waals surface area contributed by atoms with Gasteiger partial charge in [0.1, 0.15) is 6.07 Å². The maximum Gasteiger partial charge on any atom is 0.416 e. The van der Waals surface area contributed by atoms with E-state index in [1.165, 1.54) is 6.20 Å². The number of aromatic nitrogens is 1. The van der Waals surface area contributed by atoms with Gasteiger partial charge in [-0.1, -0.05) is 0 Å². The van der Waals surface area contributed by atoms with Gasteiger partial charge in [-0.15, -0.1) is 0 Å². The number of nitrogens with one attached hydrogen (secondary N) is 1. The highest BCUT2D eigenvalue weighted by Crippen LogP contribution is 2.26. The molecule has 1 aromatic rings. The molecule has 26 heavy (non-hydrogen) atoms. The van der Waals surface area contributed by atoms with E-state index in [0.717, 1.165) is 39.0 Å². The summed E-state index contributed by atoms with van der Waals surface area (Å²) in [5, 5.41) is 12.2. The fourth-order valence-corrected chi connectivity index (χ4v) is 3.82. The molecule has 3 rings (SSSR count). The first-order chi connectivity index (χ1) is 12.6. The number of nitriles is 1. The van der Waals surface area contributed by atoms with Crippen LogP contribution in [0.1, 0.15) is 32.3 Å². The molecule has 2 fully saturated rings. The molecule has 3 heterocycles. The molecule has 7 heteroatoms. The van der Waals surface area contributed by atoms with E-state index in [4.69, 9.17) is 10.00 Å². The first-order valence-corrected chi connectivity index (χ1v) is 9.38. The Morgan fingerprint density at radius 1 is 1.35 bits per heavy atom. The van der Waals surface area contributed by atoms with Gasteiger partial charge in [-0.2, -0.15) is 5.26 Å². The number of carbonyl (C=O) groups excluding carboxylic acids is 1. The zero-order valence-corrected chi connectivity index (χ0v) is 15.5. The van der Waals surface area contributed by atoms with Gasteiger partial charge < -0.3 is 15.0 Å². The second-order valence-corrected chi connectivity index (χ2v) is 7.30. The van der Waals surface area contributed by atoms with Crippen LogP contribution in [0, 0.1) is 17.2 Å². The molecule has 2 saturated heterocycles. The number of carbonyl (C=O) groups is 1. The zero-order valence-electron chi connectivity index (χ0n) is 15.5. The molecule has 2 aliphatic heterocycles. The highest BCUT2D eigenvalue weighted by molar-refractivity contribution is 5.71. The van der Waals surface area contributed by atoms with Crippen LogP contribution < -0.4 is 10.1 Å². The van der Waals surface area contributed by atoms with Crippen molar-refractivity contribution in [2.75, 3.05) is 32.7 Å². The summed E-state index contributed by atoms with van der Waals surface area (Å²) in [7, 11) is 0. The molecule has 1 amide bonds. The van der Waals surface area contributed by atoms with E-state index >= 15 is 0 Å². The first-order valence-electron chi connectivity index (χ1n) is 9.38. The number of rotatable bonds is 3. The quantitative estimate of drug-likeness (QED) is 0.889. The lowest BCUT2D eigenvalue weighted by atomic mass is 9.87. The van der Waals surface area contributed by atoms with Crippen LogP contribution in [0.25, 0.3) is 0 Å². The minimum Gasteiger partial charge on any atom is -0.391 e. The average molecular weight is 357 g/mol. The number of ether oxygens (including phenoxy) is 1. The maximum absolute atomic E-state index is 12.8. The van der Waals surface area contributed by atoms with Gasteiger partial charge in [-0.05, 0) is 51.8 Å². The third kappa shape index (κ3) is 4.32. The van der Waals surface area contributed by atoms with E-state index in [-0.39, 0.29) is 18.0 Å². The van der Waals surface area contributed by atoms with Crippen molar-refractivity contribution in [3.05, 3.63) is 23.9 Å². The molecule has 0 radical (unpaired) electrons. The average Bonchev–Trinajstić information content (AvgIpc) is 2.68. The molecule has 0 saturated carbocycles. The second-order valence-electron chi connectivity index (χ2n) is 7.30. The number of nitrogens with zero attached hydrogens (tertiary/aromatic N) is 4. The lowest BCUT2D eigenvalue weighted by Crippen LogP contribution is -2.60. The summed E-state index contributed by atoms with van der Waals surface area (Å²) >= 11 is 0. The molecule has 1 atom stereocenters. The Hall–Kier alpha value is -2.17. The van der Waals surface area contributed by atoms with Crippen molar-refractivity contribution in [1.82, 2.24) is 20.1 Å². The SMILES string of the molecule is CC(C)N1CCN(C(=O)Oc2ccc(C#N)cn2)C(C2CCNCC2)C1. The van der Waals surface area contributed by atoms with Crippen molar-refractivity contribution < 1.29 is 9.53 Å². The molecule has 2 aliphatic rings. The van der Waals surface area contributed by atoms with Crippen molar-refractivity contribution >= 4 is 6.09 Å². The summed E-state index contributed by atoms with van der Waals surface area (Å²) in [6.45, 7) is 8.82. The molecule has 140 valence electrons. The second kappa shape index (κ2) is 8.47. The van der Waals surface area contributed by atoms with E-state index < -0.39 is 0 Å². The van der Waals surface area contributed by atoms with Gasteiger partial charge in [0.25, 0.3) is 0 Å². The highest BCUT2D eigenvalue weighted by atomic mass is 16.6. The van der Waals surface area contributed by atoms with Gasteiger partial charge in [0.05, 0.1) is 11.6 Å². The molecule has 0 aliphatic carbocycles. The van der Waals surface area contributed by atoms with Gasteiger partial charge >= 0.3 is 6.09 Å². The van der Waals surface area contributed by atoms with Gasteiger partial charge in [-0.3, -0.25) is 4.90 Å². The number of hydrogen-bond donors (Lipinski definition) is 1. The molecule has 0 aromatic carbocycles. The normalized spacial score (nSPS) is 22.2. The van der Waals surface area contributed by atoms with Gasteiger partial charge in [0.15, 0.2) is 0 Å². The lowest BCUT2D eigenvalue weighted by Gasteiger charge is -2.46. The Labute approximate surface area is 154 Å². The number of amides is 1. The van der Waals surface area contributed by atoms with E-state index in [2.05, 4.69) is 29.0 Å². The fourth-order valence-electron chi connectivity index (χ4n) is 3.82. The van der Waals surface area contributed by atoms with Crippen LogP contribution in [-0.4, -0.2) is 65.7 Å². The van der Waals surface area contributed by atoms with Gasteiger partial charge in [0, 0.05) is 37.9 Å². The van der Waals surface area contributed by atoms with E-state index in [1.807, 2.05) is 11.0 Å². The molecule has 1 aromatic heterocycles. The van der Waals surface area contributed by atoms with Gasteiger partial charge in [0.2, 0.25) is 5.88 Å². The van der Waals surface area contributed by atoms with E-state index in [9.17, 15) is 4.79 Å². The third-order valence-electron chi connectivity index (χ3n) is 5.40. The molecule has 0 spiro atoms. The monoisotopic (exact) mass is 357 g/mol. The summed E-state index contributed by atoms with van der Waals surface area (Å²) in [6, 6.07) is 5.82. The minimum absolute atomic E-state index is 0.166.